The lowest BCUT2D eigenvalue weighted by Gasteiger charge is -2.20. The highest BCUT2D eigenvalue weighted by Gasteiger charge is 2.20. The molecule has 0 aromatic carbocycles. The number of amides is 1. The van der Waals surface area contributed by atoms with E-state index in [9.17, 15) is 9.90 Å². The second-order valence-electron chi connectivity index (χ2n) is 5.41. The Balaban J connectivity index is 2.54. The number of rotatable bonds is 7. The Hall–Kier alpha value is -1.13. The van der Waals surface area contributed by atoms with Crippen molar-refractivity contribution in [1.82, 2.24) is 10.6 Å². The van der Waals surface area contributed by atoms with E-state index in [-0.39, 0.29) is 11.8 Å². The third-order valence-corrected chi connectivity index (χ3v) is 3.02. The van der Waals surface area contributed by atoms with E-state index in [1.165, 1.54) is 0 Å². The zero-order valence-electron chi connectivity index (χ0n) is 12.1. The first kappa shape index (κ1) is 15.9. The van der Waals surface area contributed by atoms with Crippen molar-refractivity contribution in [1.29, 1.82) is 0 Å². The predicted molar refractivity (Wildman–Crippen MR) is 77.5 cm³/mol. The number of allylic oxidation sites excluding steroid dienone is 1. The molecule has 0 saturated heterocycles. The molecule has 1 amide bonds. The van der Waals surface area contributed by atoms with Crippen LogP contribution in [0.5, 0.6) is 0 Å². The molecule has 0 fully saturated rings. The summed E-state index contributed by atoms with van der Waals surface area (Å²) in [5, 5.41) is 15.9. The van der Waals surface area contributed by atoms with Crippen LogP contribution in [0.15, 0.2) is 23.8 Å². The normalized spacial score (nSPS) is 20.3. The first-order valence-electron chi connectivity index (χ1n) is 7.12. The van der Waals surface area contributed by atoms with E-state index in [0.717, 1.165) is 18.5 Å². The standard InChI is InChI=1S/C15H26N2O2/c1-4-8-16-14(18)12-6-5-7-13(9-12)15(19)17-10-11(2)3/h5-6,9,11,13-14,16,18H,4,7-8,10H2,1-3H3,(H,17,19). The molecule has 108 valence electrons. The molecule has 1 rings (SSSR count). The predicted octanol–water partition coefficient (Wildman–Crippen LogP) is 1.58. The molecule has 1 aliphatic carbocycles. The maximum atomic E-state index is 12.0. The number of carbonyl (C=O) groups is 1. The van der Waals surface area contributed by atoms with Gasteiger partial charge in [0.2, 0.25) is 5.91 Å². The van der Waals surface area contributed by atoms with E-state index in [1.54, 1.807) is 0 Å². The van der Waals surface area contributed by atoms with Crippen LogP contribution in [0.4, 0.5) is 0 Å². The molecular weight excluding hydrogens is 240 g/mol. The van der Waals surface area contributed by atoms with Gasteiger partial charge < -0.3 is 10.4 Å². The molecule has 4 heteroatoms. The molecule has 3 N–H and O–H groups in total. The van der Waals surface area contributed by atoms with Crippen LogP contribution in [-0.2, 0) is 4.79 Å². The summed E-state index contributed by atoms with van der Waals surface area (Å²) in [5.74, 6) is 0.318. The Labute approximate surface area is 116 Å². The first-order chi connectivity index (χ1) is 9.04. The zero-order valence-corrected chi connectivity index (χ0v) is 12.1. The number of hydrogen-bond acceptors (Lipinski definition) is 3. The van der Waals surface area contributed by atoms with Gasteiger partial charge in [0, 0.05) is 6.54 Å². The lowest BCUT2D eigenvalue weighted by atomic mass is 9.94. The summed E-state index contributed by atoms with van der Waals surface area (Å²) < 4.78 is 0. The largest absolute Gasteiger partial charge is 0.374 e. The quantitative estimate of drug-likeness (QED) is 0.613. The monoisotopic (exact) mass is 266 g/mol. The number of aliphatic hydroxyl groups is 1. The van der Waals surface area contributed by atoms with Gasteiger partial charge in [-0.05, 0) is 30.9 Å². The minimum Gasteiger partial charge on any atom is -0.374 e. The number of aliphatic hydroxyl groups excluding tert-OH is 1. The van der Waals surface area contributed by atoms with Gasteiger partial charge in [-0.3, -0.25) is 10.1 Å². The molecule has 4 nitrogen and oxygen atoms in total. The van der Waals surface area contributed by atoms with E-state index in [0.29, 0.717) is 18.9 Å². The third-order valence-electron chi connectivity index (χ3n) is 3.02. The van der Waals surface area contributed by atoms with Crippen molar-refractivity contribution >= 4 is 5.91 Å². The van der Waals surface area contributed by atoms with Gasteiger partial charge in [0.1, 0.15) is 6.23 Å². The summed E-state index contributed by atoms with van der Waals surface area (Å²) >= 11 is 0. The van der Waals surface area contributed by atoms with Gasteiger partial charge in [0.25, 0.3) is 0 Å². The summed E-state index contributed by atoms with van der Waals surface area (Å²) in [5.41, 5.74) is 0.782. The molecule has 0 aromatic rings. The fourth-order valence-electron chi connectivity index (χ4n) is 1.91. The smallest absolute Gasteiger partial charge is 0.227 e. The molecule has 2 atom stereocenters. The highest BCUT2D eigenvalue weighted by Crippen LogP contribution is 2.18. The minimum atomic E-state index is -0.683. The zero-order chi connectivity index (χ0) is 14.3. The Bertz CT molecular complexity index is 348. The van der Waals surface area contributed by atoms with Crippen molar-refractivity contribution in [2.75, 3.05) is 13.1 Å². The van der Waals surface area contributed by atoms with Gasteiger partial charge in [-0.1, -0.05) is 39.0 Å². The van der Waals surface area contributed by atoms with Crippen molar-refractivity contribution < 1.29 is 9.90 Å². The average Bonchev–Trinajstić information content (AvgIpc) is 2.42. The van der Waals surface area contributed by atoms with Crippen LogP contribution >= 0.6 is 0 Å². The van der Waals surface area contributed by atoms with E-state index < -0.39 is 6.23 Å². The Kier molecular flexibility index (Phi) is 6.81. The minimum absolute atomic E-state index is 0.0400. The van der Waals surface area contributed by atoms with Gasteiger partial charge in [-0.2, -0.15) is 0 Å². The maximum absolute atomic E-state index is 12.0. The molecular formula is C15H26N2O2. The van der Waals surface area contributed by atoms with Crippen LogP contribution in [-0.4, -0.2) is 30.3 Å². The molecule has 0 spiro atoms. The topological polar surface area (TPSA) is 61.4 Å². The second kappa shape index (κ2) is 8.12. The Morgan fingerprint density at radius 1 is 1.53 bits per heavy atom. The van der Waals surface area contributed by atoms with Crippen molar-refractivity contribution in [2.24, 2.45) is 11.8 Å². The van der Waals surface area contributed by atoms with E-state index in [1.807, 2.05) is 25.2 Å². The van der Waals surface area contributed by atoms with Crippen molar-refractivity contribution in [3.63, 3.8) is 0 Å². The van der Waals surface area contributed by atoms with Crippen molar-refractivity contribution in [3.8, 4) is 0 Å². The highest BCUT2D eigenvalue weighted by molar-refractivity contribution is 5.81. The van der Waals surface area contributed by atoms with Gasteiger partial charge in [-0.25, -0.2) is 0 Å². The van der Waals surface area contributed by atoms with Gasteiger partial charge in [0.15, 0.2) is 0 Å². The van der Waals surface area contributed by atoms with E-state index >= 15 is 0 Å². The summed E-state index contributed by atoms with van der Waals surface area (Å²) in [6.45, 7) is 7.64. The molecule has 19 heavy (non-hydrogen) atoms. The highest BCUT2D eigenvalue weighted by atomic mass is 16.3. The molecule has 0 saturated carbocycles. The summed E-state index contributed by atoms with van der Waals surface area (Å²) in [7, 11) is 0. The van der Waals surface area contributed by atoms with E-state index in [2.05, 4.69) is 24.5 Å². The number of carbonyl (C=O) groups excluding carboxylic acids is 1. The summed E-state index contributed by atoms with van der Waals surface area (Å²) in [4.78, 5) is 12.0. The van der Waals surface area contributed by atoms with E-state index in [4.69, 9.17) is 0 Å². The van der Waals surface area contributed by atoms with Crippen molar-refractivity contribution in [2.45, 2.75) is 39.8 Å². The molecule has 2 unspecified atom stereocenters. The van der Waals surface area contributed by atoms with Gasteiger partial charge >= 0.3 is 0 Å². The molecule has 0 heterocycles. The van der Waals surface area contributed by atoms with Gasteiger partial charge in [-0.15, -0.1) is 0 Å². The maximum Gasteiger partial charge on any atom is 0.227 e. The fraction of sp³-hybridized carbons (Fsp3) is 0.667. The lowest BCUT2D eigenvalue weighted by molar-refractivity contribution is -0.123. The van der Waals surface area contributed by atoms with Crippen LogP contribution in [0.2, 0.25) is 0 Å². The lowest BCUT2D eigenvalue weighted by Crippen LogP contribution is -2.35. The van der Waals surface area contributed by atoms with Crippen LogP contribution in [0.3, 0.4) is 0 Å². The summed E-state index contributed by atoms with van der Waals surface area (Å²) in [6.07, 6.45) is 6.69. The fourth-order valence-corrected chi connectivity index (χ4v) is 1.91. The molecule has 0 bridgehead atoms. The van der Waals surface area contributed by atoms with Gasteiger partial charge in [0.05, 0.1) is 5.92 Å². The SMILES string of the molecule is CCCNC(O)C1=CC(C(=O)NCC(C)C)CC=C1. The third kappa shape index (κ3) is 5.57. The van der Waals surface area contributed by atoms with Crippen LogP contribution in [0, 0.1) is 11.8 Å². The first-order valence-corrected chi connectivity index (χ1v) is 7.12. The van der Waals surface area contributed by atoms with Crippen molar-refractivity contribution in [3.05, 3.63) is 23.8 Å². The number of nitrogens with one attached hydrogen (secondary N) is 2. The Morgan fingerprint density at radius 2 is 2.26 bits per heavy atom. The second-order valence-corrected chi connectivity index (χ2v) is 5.41. The number of hydrogen-bond donors (Lipinski definition) is 3. The summed E-state index contributed by atoms with van der Waals surface area (Å²) in [6, 6.07) is 0. The van der Waals surface area contributed by atoms with Crippen LogP contribution in [0.1, 0.15) is 33.6 Å². The molecule has 1 aliphatic rings. The molecule has 0 aliphatic heterocycles. The molecule has 0 radical (unpaired) electrons. The Morgan fingerprint density at radius 3 is 2.89 bits per heavy atom. The van der Waals surface area contributed by atoms with Crippen LogP contribution < -0.4 is 10.6 Å². The molecule has 0 aromatic heterocycles. The average molecular weight is 266 g/mol. The van der Waals surface area contributed by atoms with Crippen LogP contribution in [0.25, 0.3) is 0 Å².